The van der Waals surface area contributed by atoms with E-state index in [-0.39, 0.29) is 11.8 Å². The summed E-state index contributed by atoms with van der Waals surface area (Å²) in [5.41, 5.74) is 2.83. The van der Waals surface area contributed by atoms with Crippen molar-refractivity contribution in [2.45, 2.75) is 6.92 Å². The predicted molar refractivity (Wildman–Crippen MR) is 129 cm³/mol. The second-order valence-electron chi connectivity index (χ2n) is 8.15. The number of hydrogen-bond donors (Lipinski definition) is 0. The van der Waals surface area contributed by atoms with Gasteiger partial charge in [-0.15, -0.1) is 0 Å². The van der Waals surface area contributed by atoms with Crippen LogP contribution >= 0.6 is 11.6 Å². The summed E-state index contributed by atoms with van der Waals surface area (Å²) in [5, 5.41) is 7.01. The largest absolute Gasteiger partial charge is 0.335 e. The van der Waals surface area contributed by atoms with Crippen LogP contribution in [0.5, 0.6) is 0 Å². The highest BCUT2D eigenvalue weighted by molar-refractivity contribution is 6.30. The Morgan fingerprint density at radius 1 is 0.818 bits per heavy atom. The molecule has 0 unspecified atom stereocenters. The normalized spacial score (nSPS) is 14.0. The lowest BCUT2D eigenvalue weighted by molar-refractivity contribution is 0.0536. The Morgan fingerprint density at radius 2 is 1.45 bits per heavy atom. The first-order valence-corrected chi connectivity index (χ1v) is 11.3. The van der Waals surface area contributed by atoms with E-state index < -0.39 is 0 Å². The standard InChI is InChI=1S/C26H23ClN4O2/c1-18-24(17-28-31(18)21-9-5-8-20(27)16-21)26(33)30-14-12-29(13-15-30)25(32)23-11-4-7-19-6-2-3-10-22(19)23/h2-11,16-17H,12-15H2,1H3. The number of carbonyl (C=O) groups excluding carboxylic acids is 2. The van der Waals surface area contributed by atoms with Crippen molar-refractivity contribution in [3.05, 3.63) is 94.8 Å². The van der Waals surface area contributed by atoms with Gasteiger partial charge in [0, 0.05) is 36.8 Å². The van der Waals surface area contributed by atoms with Crippen LogP contribution in [0.25, 0.3) is 16.5 Å². The molecule has 2 heterocycles. The molecule has 1 aliphatic rings. The van der Waals surface area contributed by atoms with Crippen molar-refractivity contribution >= 4 is 34.2 Å². The quantitative estimate of drug-likeness (QED) is 0.451. The minimum atomic E-state index is -0.0713. The molecule has 0 saturated carbocycles. The Balaban J connectivity index is 1.29. The number of benzene rings is 3. The van der Waals surface area contributed by atoms with Gasteiger partial charge in [-0.3, -0.25) is 9.59 Å². The fourth-order valence-electron chi connectivity index (χ4n) is 4.35. The van der Waals surface area contributed by atoms with E-state index in [4.69, 9.17) is 11.6 Å². The SMILES string of the molecule is Cc1c(C(=O)N2CCN(C(=O)c3cccc4ccccc34)CC2)cnn1-c1cccc(Cl)c1. The van der Waals surface area contributed by atoms with Crippen LogP contribution in [-0.2, 0) is 0 Å². The summed E-state index contributed by atoms with van der Waals surface area (Å²) < 4.78 is 1.72. The number of halogens is 1. The highest BCUT2D eigenvalue weighted by atomic mass is 35.5. The summed E-state index contributed by atoms with van der Waals surface area (Å²) in [4.78, 5) is 30.0. The van der Waals surface area contributed by atoms with Crippen molar-refractivity contribution in [3.8, 4) is 5.69 Å². The zero-order valence-electron chi connectivity index (χ0n) is 18.2. The molecule has 1 saturated heterocycles. The Bertz CT molecular complexity index is 1350. The lowest BCUT2D eigenvalue weighted by atomic mass is 10.0. The van der Waals surface area contributed by atoms with E-state index in [2.05, 4.69) is 5.10 Å². The lowest BCUT2D eigenvalue weighted by Crippen LogP contribution is -2.50. The van der Waals surface area contributed by atoms with E-state index in [1.165, 1.54) is 0 Å². The molecule has 7 heteroatoms. The first-order chi connectivity index (χ1) is 16.0. The first kappa shape index (κ1) is 21.2. The molecular weight excluding hydrogens is 436 g/mol. The zero-order valence-corrected chi connectivity index (χ0v) is 19.0. The molecule has 5 rings (SSSR count). The third kappa shape index (κ3) is 3.98. The molecule has 0 spiro atoms. The molecule has 0 aliphatic carbocycles. The summed E-state index contributed by atoms with van der Waals surface area (Å²) in [6, 6.07) is 21.1. The third-order valence-electron chi connectivity index (χ3n) is 6.17. The number of carbonyl (C=O) groups is 2. The van der Waals surface area contributed by atoms with Crippen molar-refractivity contribution < 1.29 is 9.59 Å². The molecule has 0 atom stereocenters. The van der Waals surface area contributed by atoms with Crippen LogP contribution in [0.4, 0.5) is 0 Å². The Labute approximate surface area is 197 Å². The van der Waals surface area contributed by atoms with Gasteiger partial charge in [-0.25, -0.2) is 4.68 Å². The molecule has 0 radical (unpaired) electrons. The molecule has 1 fully saturated rings. The van der Waals surface area contributed by atoms with Gasteiger partial charge in [-0.05, 0) is 42.0 Å². The average molecular weight is 459 g/mol. The Kier molecular flexibility index (Phi) is 5.60. The van der Waals surface area contributed by atoms with Gasteiger partial charge in [0.2, 0.25) is 0 Å². The maximum Gasteiger partial charge on any atom is 0.257 e. The van der Waals surface area contributed by atoms with Gasteiger partial charge in [0.15, 0.2) is 0 Å². The maximum atomic E-state index is 13.2. The van der Waals surface area contributed by atoms with Crippen LogP contribution in [0.2, 0.25) is 5.02 Å². The topological polar surface area (TPSA) is 58.4 Å². The van der Waals surface area contributed by atoms with Crippen LogP contribution in [0.15, 0.2) is 72.9 Å². The lowest BCUT2D eigenvalue weighted by Gasteiger charge is -2.35. The number of nitrogens with zero attached hydrogens (tertiary/aromatic N) is 4. The van der Waals surface area contributed by atoms with Gasteiger partial charge < -0.3 is 9.80 Å². The number of fused-ring (bicyclic) bond motifs is 1. The van der Waals surface area contributed by atoms with Crippen LogP contribution in [-0.4, -0.2) is 57.6 Å². The van der Waals surface area contributed by atoms with Gasteiger partial charge in [-0.1, -0.05) is 54.1 Å². The van der Waals surface area contributed by atoms with Gasteiger partial charge in [0.1, 0.15) is 0 Å². The minimum Gasteiger partial charge on any atom is -0.335 e. The van der Waals surface area contributed by atoms with Crippen LogP contribution in [0.3, 0.4) is 0 Å². The maximum absolute atomic E-state index is 13.2. The van der Waals surface area contributed by atoms with Gasteiger partial charge >= 0.3 is 0 Å². The molecular formula is C26H23ClN4O2. The molecule has 4 aromatic rings. The fourth-order valence-corrected chi connectivity index (χ4v) is 4.54. The monoisotopic (exact) mass is 458 g/mol. The molecule has 0 bridgehead atoms. The zero-order chi connectivity index (χ0) is 22.9. The average Bonchev–Trinajstić information content (AvgIpc) is 3.24. The smallest absolute Gasteiger partial charge is 0.257 e. The third-order valence-corrected chi connectivity index (χ3v) is 6.40. The Morgan fingerprint density at radius 3 is 2.18 bits per heavy atom. The summed E-state index contributed by atoms with van der Waals surface area (Å²) in [6.45, 7) is 3.83. The number of rotatable bonds is 3. The number of aromatic nitrogens is 2. The highest BCUT2D eigenvalue weighted by Crippen LogP contribution is 2.22. The summed E-state index contributed by atoms with van der Waals surface area (Å²) in [5.74, 6) is -0.0677. The summed E-state index contributed by atoms with van der Waals surface area (Å²) >= 11 is 6.11. The molecule has 2 amide bonds. The molecule has 6 nitrogen and oxygen atoms in total. The molecule has 33 heavy (non-hydrogen) atoms. The van der Waals surface area contributed by atoms with Crippen molar-refractivity contribution in [1.82, 2.24) is 19.6 Å². The van der Waals surface area contributed by atoms with Gasteiger partial charge in [0.25, 0.3) is 11.8 Å². The van der Waals surface area contributed by atoms with Crippen LogP contribution in [0.1, 0.15) is 26.4 Å². The predicted octanol–water partition coefficient (Wildman–Crippen LogP) is 4.59. The number of hydrogen-bond acceptors (Lipinski definition) is 3. The van der Waals surface area contributed by atoms with E-state index in [1.807, 2.05) is 72.5 Å². The highest BCUT2D eigenvalue weighted by Gasteiger charge is 2.28. The minimum absolute atomic E-state index is 0.00357. The fraction of sp³-hybridized carbons (Fsp3) is 0.192. The molecule has 3 aromatic carbocycles. The van der Waals surface area contributed by atoms with E-state index >= 15 is 0 Å². The van der Waals surface area contributed by atoms with E-state index in [9.17, 15) is 9.59 Å². The first-order valence-electron chi connectivity index (χ1n) is 10.9. The molecule has 166 valence electrons. The van der Waals surface area contributed by atoms with E-state index in [0.29, 0.717) is 42.3 Å². The second kappa shape index (κ2) is 8.71. The molecule has 0 N–H and O–H groups in total. The van der Waals surface area contributed by atoms with Gasteiger partial charge in [0.05, 0.1) is 23.1 Å². The summed E-state index contributed by atoms with van der Waals surface area (Å²) in [7, 11) is 0. The van der Waals surface area contributed by atoms with Gasteiger partial charge in [-0.2, -0.15) is 5.10 Å². The second-order valence-corrected chi connectivity index (χ2v) is 8.58. The summed E-state index contributed by atoms with van der Waals surface area (Å²) in [6.07, 6.45) is 1.60. The van der Waals surface area contributed by atoms with E-state index in [1.54, 1.807) is 21.8 Å². The van der Waals surface area contributed by atoms with Crippen molar-refractivity contribution in [3.63, 3.8) is 0 Å². The van der Waals surface area contributed by atoms with Crippen molar-refractivity contribution in [2.75, 3.05) is 26.2 Å². The van der Waals surface area contributed by atoms with E-state index in [0.717, 1.165) is 22.2 Å². The number of amides is 2. The van der Waals surface area contributed by atoms with Crippen molar-refractivity contribution in [2.24, 2.45) is 0 Å². The number of piperazine rings is 1. The molecule has 1 aromatic heterocycles. The Hall–Kier alpha value is -3.64. The van der Waals surface area contributed by atoms with Crippen LogP contribution < -0.4 is 0 Å². The van der Waals surface area contributed by atoms with Crippen molar-refractivity contribution in [1.29, 1.82) is 0 Å². The van der Waals surface area contributed by atoms with Crippen LogP contribution in [0, 0.1) is 6.92 Å². The molecule has 1 aliphatic heterocycles.